The van der Waals surface area contributed by atoms with Crippen LogP contribution in [-0.4, -0.2) is 26.4 Å². The summed E-state index contributed by atoms with van der Waals surface area (Å²) in [6.45, 7) is 3.80. The second kappa shape index (κ2) is 3.69. The molecule has 18 heavy (non-hydrogen) atoms. The Morgan fingerprint density at radius 3 is 2.83 bits per heavy atom. The number of fused-ring (bicyclic) bond motifs is 1. The summed E-state index contributed by atoms with van der Waals surface area (Å²) < 4.78 is 5.17. The first-order chi connectivity index (χ1) is 8.58. The third-order valence-corrected chi connectivity index (χ3v) is 3.55. The Hall–Kier alpha value is -2.11. The predicted molar refractivity (Wildman–Crippen MR) is 61.7 cm³/mol. The molecular weight excluding hydrogens is 234 g/mol. The van der Waals surface area contributed by atoms with E-state index in [9.17, 15) is 4.79 Å². The van der Waals surface area contributed by atoms with Crippen LogP contribution >= 0.6 is 0 Å². The zero-order chi connectivity index (χ0) is 12.9. The SMILES string of the molecule is Cc1noc(C)c1C1Cc2[nH]nc(C(=O)O)c2C1. The number of carboxylic acid groups (broad SMARTS) is 1. The van der Waals surface area contributed by atoms with Gasteiger partial charge >= 0.3 is 5.97 Å². The third-order valence-electron chi connectivity index (χ3n) is 3.55. The molecule has 2 N–H and O–H groups in total. The minimum Gasteiger partial charge on any atom is -0.476 e. The molecule has 2 heterocycles. The standard InChI is InChI=1S/C12H13N3O3/c1-5-10(6(2)18-15-5)7-3-8-9(4-7)13-14-11(8)12(16)17/h7H,3-4H2,1-2H3,(H,13,14)(H,16,17). The van der Waals surface area contributed by atoms with Crippen molar-refractivity contribution >= 4 is 5.97 Å². The van der Waals surface area contributed by atoms with E-state index in [1.165, 1.54) is 0 Å². The molecule has 0 aliphatic heterocycles. The lowest BCUT2D eigenvalue weighted by Crippen LogP contribution is -2.05. The van der Waals surface area contributed by atoms with E-state index in [4.69, 9.17) is 9.63 Å². The van der Waals surface area contributed by atoms with Gasteiger partial charge in [-0.3, -0.25) is 5.10 Å². The Kier molecular flexibility index (Phi) is 2.26. The monoisotopic (exact) mass is 247 g/mol. The molecule has 2 aromatic rings. The lowest BCUT2D eigenvalue weighted by atomic mass is 9.95. The summed E-state index contributed by atoms with van der Waals surface area (Å²) in [6.07, 6.45) is 1.44. The van der Waals surface area contributed by atoms with E-state index in [0.29, 0.717) is 6.42 Å². The number of aromatic carboxylic acids is 1. The number of hydrogen-bond donors (Lipinski definition) is 2. The van der Waals surface area contributed by atoms with Gasteiger partial charge in [-0.25, -0.2) is 4.79 Å². The summed E-state index contributed by atoms with van der Waals surface area (Å²) in [5.74, 6) is 0.0676. The summed E-state index contributed by atoms with van der Waals surface area (Å²) >= 11 is 0. The van der Waals surface area contributed by atoms with Crippen molar-refractivity contribution < 1.29 is 14.4 Å². The number of nitrogens with zero attached hydrogens (tertiary/aromatic N) is 2. The van der Waals surface area contributed by atoms with Crippen LogP contribution in [-0.2, 0) is 12.8 Å². The molecule has 94 valence electrons. The summed E-state index contributed by atoms with van der Waals surface area (Å²) in [5, 5.41) is 19.6. The van der Waals surface area contributed by atoms with Crippen LogP contribution in [0.3, 0.4) is 0 Å². The largest absolute Gasteiger partial charge is 0.476 e. The highest BCUT2D eigenvalue weighted by atomic mass is 16.5. The van der Waals surface area contributed by atoms with Crippen LogP contribution in [0.4, 0.5) is 0 Å². The maximum atomic E-state index is 11.0. The Labute approximate surface area is 103 Å². The molecule has 3 rings (SSSR count). The van der Waals surface area contributed by atoms with Crippen molar-refractivity contribution in [2.75, 3.05) is 0 Å². The molecule has 2 aromatic heterocycles. The topological polar surface area (TPSA) is 92.0 Å². The molecule has 0 bridgehead atoms. The van der Waals surface area contributed by atoms with E-state index >= 15 is 0 Å². The first-order valence-corrected chi connectivity index (χ1v) is 5.80. The van der Waals surface area contributed by atoms with Crippen LogP contribution in [0, 0.1) is 13.8 Å². The second-order valence-corrected chi connectivity index (χ2v) is 4.68. The van der Waals surface area contributed by atoms with Crippen LogP contribution in [0.1, 0.15) is 44.7 Å². The summed E-state index contributed by atoms with van der Waals surface area (Å²) in [6, 6.07) is 0. The number of nitrogens with one attached hydrogen (secondary N) is 1. The number of aromatic amines is 1. The number of rotatable bonds is 2. The van der Waals surface area contributed by atoms with Crippen molar-refractivity contribution in [3.8, 4) is 0 Å². The quantitative estimate of drug-likeness (QED) is 0.840. The van der Waals surface area contributed by atoms with Gasteiger partial charge in [-0.05, 0) is 32.6 Å². The summed E-state index contributed by atoms with van der Waals surface area (Å²) in [5.41, 5.74) is 3.84. The first kappa shape index (κ1) is 11.0. The predicted octanol–water partition coefficient (Wildman–Crippen LogP) is 1.60. The Balaban J connectivity index is 1.96. The molecular formula is C12H13N3O3. The van der Waals surface area contributed by atoms with Crippen LogP contribution in [0.15, 0.2) is 4.52 Å². The van der Waals surface area contributed by atoms with Gasteiger partial charge < -0.3 is 9.63 Å². The van der Waals surface area contributed by atoms with Crippen molar-refractivity contribution in [2.45, 2.75) is 32.6 Å². The highest BCUT2D eigenvalue weighted by molar-refractivity contribution is 5.87. The van der Waals surface area contributed by atoms with Gasteiger partial charge in [-0.15, -0.1) is 0 Å². The van der Waals surface area contributed by atoms with Gasteiger partial charge in [0.15, 0.2) is 5.69 Å². The number of carbonyl (C=O) groups is 1. The van der Waals surface area contributed by atoms with E-state index < -0.39 is 5.97 Å². The number of carboxylic acids is 1. The fraction of sp³-hybridized carbons (Fsp3) is 0.417. The number of H-pyrrole nitrogens is 1. The molecule has 0 saturated carbocycles. The fourth-order valence-corrected chi connectivity index (χ4v) is 2.81. The van der Waals surface area contributed by atoms with Crippen molar-refractivity contribution in [3.63, 3.8) is 0 Å². The lowest BCUT2D eigenvalue weighted by Gasteiger charge is -2.08. The Morgan fingerprint density at radius 1 is 1.44 bits per heavy atom. The van der Waals surface area contributed by atoms with Gasteiger partial charge in [0.2, 0.25) is 0 Å². The van der Waals surface area contributed by atoms with E-state index in [0.717, 1.165) is 34.7 Å². The minimum atomic E-state index is -0.980. The number of aryl methyl sites for hydroxylation is 2. The fourth-order valence-electron chi connectivity index (χ4n) is 2.81. The number of hydrogen-bond acceptors (Lipinski definition) is 4. The molecule has 1 atom stereocenters. The zero-order valence-corrected chi connectivity index (χ0v) is 10.1. The van der Waals surface area contributed by atoms with Crippen LogP contribution in [0.2, 0.25) is 0 Å². The maximum absolute atomic E-state index is 11.0. The Bertz CT molecular complexity index is 607. The van der Waals surface area contributed by atoms with Gasteiger partial charge in [-0.1, -0.05) is 5.16 Å². The molecule has 0 saturated heterocycles. The maximum Gasteiger partial charge on any atom is 0.356 e. The highest BCUT2D eigenvalue weighted by Crippen LogP contribution is 2.37. The lowest BCUT2D eigenvalue weighted by molar-refractivity contribution is 0.0689. The van der Waals surface area contributed by atoms with E-state index in [1.54, 1.807) is 0 Å². The van der Waals surface area contributed by atoms with Crippen molar-refractivity contribution in [1.82, 2.24) is 15.4 Å². The van der Waals surface area contributed by atoms with Crippen LogP contribution < -0.4 is 0 Å². The van der Waals surface area contributed by atoms with Gasteiger partial charge in [0.1, 0.15) is 5.76 Å². The van der Waals surface area contributed by atoms with Gasteiger partial charge in [0.25, 0.3) is 0 Å². The van der Waals surface area contributed by atoms with Crippen LogP contribution in [0.5, 0.6) is 0 Å². The van der Waals surface area contributed by atoms with Crippen molar-refractivity contribution in [3.05, 3.63) is 34.0 Å². The molecule has 6 nitrogen and oxygen atoms in total. The molecule has 6 heteroatoms. The van der Waals surface area contributed by atoms with E-state index in [2.05, 4.69) is 15.4 Å². The zero-order valence-electron chi connectivity index (χ0n) is 10.1. The molecule has 0 radical (unpaired) electrons. The smallest absolute Gasteiger partial charge is 0.356 e. The van der Waals surface area contributed by atoms with Crippen molar-refractivity contribution in [2.24, 2.45) is 0 Å². The molecule has 1 unspecified atom stereocenters. The van der Waals surface area contributed by atoms with E-state index in [1.807, 2.05) is 13.8 Å². The van der Waals surface area contributed by atoms with Gasteiger partial charge in [0.05, 0.1) is 5.69 Å². The van der Waals surface area contributed by atoms with E-state index in [-0.39, 0.29) is 11.6 Å². The molecule has 0 amide bonds. The minimum absolute atomic E-state index is 0.138. The molecule has 1 aliphatic carbocycles. The second-order valence-electron chi connectivity index (χ2n) is 4.68. The third kappa shape index (κ3) is 1.45. The van der Waals surface area contributed by atoms with Crippen molar-refractivity contribution in [1.29, 1.82) is 0 Å². The van der Waals surface area contributed by atoms with Gasteiger partial charge in [-0.2, -0.15) is 5.10 Å². The normalized spacial score (nSPS) is 18.0. The average molecular weight is 247 g/mol. The molecule has 0 aromatic carbocycles. The average Bonchev–Trinajstić information content (AvgIpc) is 2.92. The highest BCUT2D eigenvalue weighted by Gasteiger charge is 2.32. The molecule has 0 spiro atoms. The Morgan fingerprint density at radius 2 is 2.22 bits per heavy atom. The first-order valence-electron chi connectivity index (χ1n) is 5.80. The molecule has 1 aliphatic rings. The number of aromatic nitrogens is 3. The van der Waals surface area contributed by atoms with Crippen LogP contribution in [0.25, 0.3) is 0 Å². The molecule has 0 fully saturated rings. The summed E-state index contributed by atoms with van der Waals surface area (Å²) in [4.78, 5) is 11.0. The summed E-state index contributed by atoms with van der Waals surface area (Å²) in [7, 11) is 0. The van der Waals surface area contributed by atoms with Gasteiger partial charge in [0, 0.05) is 16.8 Å².